The van der Waals surface area contributed by atoms with E-state index in [2.05, 4.69) is 26.2 Å². The Morgan fingerprint density at radius 1 is 1.07 bits per heavy atom. The third kappa shape index (κ3) is 3.82. The summed E-state index contributed by atoms with van der Waals surface area (Å²) in [5.41, 5.74) is -0.414. The molecule has 27 heavy (non-hydrogen) atoms. The quantitative estimate of drug-likeness (QED) is 0.462. The molecule has 2 aromatic carbocycles. The number of halogens is 1. The van der Waals surface area contributed by atoms with Crippen LogP contribution in [0.5, 0.6) is 11.5 Å². The number of hydrogen-bond acceptors (Lipinski definition) is 7. The Kier molecular flexibility index (Phi) is 5.22. The predicted molar refractivity (Wildman–Crippen MR) is 101 cm³/mol. The lowest BCUT2D eigenvalue weighted by Crippen LogP contribution is -2.13. The van der Waals surface area contributed by atoms with Gasteiger partial charge in [-0.2, -0.15) is 5.11 Å². The molecule has 3 rings (SSSR count). The van der Waals surface area contributed by atoms with Gasteiger partial charge in [0.1, 0.15) is 17.0 Å². The summed E-state index contributed by atoms with van der Waals surface area (Å²) >= 11 is 3.35. The van der Waals surface area contributed by atoms with Crippen molar-refractivity contribution in [3.63, 3.8) is 0 Å². The molecule has 0 aliphatic carbocycles. The number of benzene rings is 2. The monoisotopic (exact) mass is 432 g/mol. The summed E-state index contributed by atoms with van der Waals surface area (Å²) < 4.78 is 16.4. The number of fused-ring (bicyclic) bond motifs is 1. The van der Waals surface area contributed by atoms with Gasteiger partial charge in [-0.15, -0.1) is 5.11 Å². The summed E-state index contributed by atoms with van der Waals surface area (Å²) in [7, 11) is 2.92. The lowest BCUT2D eigenvalue weighted by molar-refractivity contribution is 0.0692. The van der Waals surface area contributed by atoms with Crippen LogP contribution in [0, 0.1) is 0 Å². The minimum Gasteiger partial charge on any atom is -0.494 e. The molecule has 0 fully saturated rings. The van der Waals surface area contributed by atoms with E-state index in [1.54, 1.807) is 24.3 Å². The molecule has 0 amide bonds. The number of hydrogen-bond donors (Lipinski definition) is 1. The summed E-state index contributed by atoms with van der Waals surface area (Å²) in [6, 6.07) is 9.56. The first-order valence-corrected chi connectivity index (χ1v) is 8.36. The second kappa shape index (κ2) is 7.58. The Hall–Kier alpha value is -3.20. The van der Waals surface area contributed by atoms with Gasteiger partial charge in [-0.3, -0.25) is 0 Å². The highest BCUT2D eigenvalue weighted by Gasteiger charge is 2.15. The molecule has 0 aliphatic rings. The molecule has 8 nitrogen and oxygen atoms in total. The van der Waals surface area contributed by atoms with Crippen LogP contribution in [0.3, 0.4) is 0 Å². The van der Waals surface area contributed by atoms with Gasteiger partial charge in [-0.1, -0.05) is 15.9 Å². The van der Waals surface area contributed by atoms with E-state index in [0.29, 0.717) is 22.5 Å². The highest BCUT2D eigenvalue weighted by atomic mass is 79.9. The molecule has 1 N–H and O–H groups in total. The van der Waals surface area contributed by atoms with Gasteiger partial charge < -0.3 is 19.0 Å². The molecule has 0 aliphatic heterocycles. The van der Waals surface area contributed by atoms with Gasteiger partial charge in [-0.05, 0) is 30.3 Å². The molecule has 3 aromatic rings. The normalized spacial score (nSPS) is 11.1. The van der Waals surface area contributed by atoms with Crippen molar-refractivity contribution in [3.8, 4) is 11.5 Å². The largest absolute Gasteiger partial charge is 0.494 e. The van der Waals surface area contributed by atoms with E-state index in [9.17, 15) is 9.59 Å². The number of aromatic carboxylic acids is 1. The molecule has 0 spiro atoms. The average molecular weight is 433 g/mol. The first-order chi connectivity index (χ1) is 12.9. The zero-order valence-electron chi connectivity index (χ0n) is 14.2. The minimum atomic E-state index is -1.38. The third-order valence-electron chi connectivity index (χ3n) is 3.65. The van der Waals surface area contributed by atoms with Crippen LogP contribution in [-0.4, -0.2) is 25.3 Å². The number of azo groups is 1. The summed E-state index contributed by atoms with van der Waals surface area (Å²) in [6.45, 7) is 0. The number of carboxylic acid groups (broad SMARTS) is 1. The summed E-state index contributed by atoms with van der Waals surface area (Å²) in [4.78, 5) is 22.9. The second-order valence-electron chi connectivity index (χ2n) is 5.34. The van der Waals surface area contributed by atoms with E-state index in [1.807, 2.05) is 0 Å². The number of carbonyl (C=O) groups is 1. The SMILES string of the molecule is COc1cc(Br)ccc1/N=N/c1cc(OC)c2oc(=O)c(C(=O)O)cc2c1. The van der Waals surface area contributed by atoms with Gasteiger partial charge >= 0.3 is 11.6 Å². The van der Waals surface area contributed by atoms with Crippen molar-refractivity contribution in [2.24, 2.45) is 10.2 Å². The Balaban J connectivity index is 2.11. The standard InChI is InChI=1S/C18H13BrN2O6/c1-25-14-7-10(19)3-4-13(14)21-20-11-5-9-6-12(17(22)23)18(24)27-16(9)15(8-11)26-2/h3-8H,1-2H3,(H,22,23)/b21-20+. The van der Waals surface area contributed by atoms with Crippen molar-refractivity contribution in [3.05, 3.63) is 56.9 Å². The van der Waals surface area contributed by atoms with Crippen LogP contribution in [-0.2, 0) is 0 Å². The van der Waals surface area contributed by atoms with Crippen LogP contribution < -0.4 is 15.1 Å². The van der Waals surface area contributed by atoms with E-state index in [-0.39, 0.29) is 11.3 Å². The van der Waals surface area contributed by atoms with E-state index in [1.165, 1.54) is 26.4 Å². The average Bonchev–Trinajstić information content (AvgIpc) is 2.65. The third-order valence-corrected chi connectivity index (χ3v) is 4.14. The lowest BCUT2D eigenvalue weighted by Gasteiger charge is -2.06. The van der Waals surface area contributed by atoms with Crippen LogP contribution in [0.4, 0.5) is 11.4 Å². The molecule has 0 unspecified atom stereocenters. The van der Waals surface area contributed by atoms with E-state index >= 15 is 0 Å². The zero-order chi connectivity index (χ0) is 19.6. The van der Waals surface area contributed by atoms with E-state index in [4.69, 9.17) is 19.0 Å². The van der Waals surface area contributed by atoms with Crippen molar-refractivity contribution in [2.75, 3.05) is 14.2 Å². The second-order valence-corrected chi connectivity index (χ2v) is 6.25. The van der Waals surface area contributed by atoms with Crippen molar-refractivity contribution in [2.45, 2.75) is 0 Å². The van der Waals surface area contributed by atoms with Crippen LogP contribution in [0.1, 0.15) is 10.4 Å². The van der Waals surface area contributed by atoms with Gasteiger partial charge in [-0.25, -0.2) is 9.59 Å². The van der Waals surface area contributed by atoms with Gasteiger partial charge in [0, 0.05) is 15.9 Å². The van der Waals surface area contributed by atoms with Gasteiger partial charge in [0.25, 0.3) is 0 Å². The molecular weight excluding hydrogens is 420 g/mol. The predicted octanol–water partition coefficient (Wildman–Crippen LogP) is 4.69. The maximum Gasteiger partial charge on any atom is 0.351 e. The smallest absolute Gasteiger partial charge is 0.351 e. The Morgan fingerprint density at radius 2 is 1.81 bits per heavy atom. The molecule has 138 valence electrons. The minimum absolute atomic E-state index is 0.132. The summed E-state index contributed by atoms with van der Waals surface area (Å²) in [5, 5.41) is 17.8. The highest BCUT2D eigenvalue weighted by Crippen LogP contribution is 2.34. The fourth-order valence-electron chi connectivity index (χ4n) is 2.39. The van der Waals surface area contributed by atoms with Crippen molar-refractivity contribution in [1.82, 2.24) is 0 Å². The van der Waals surface area contributed by atoms with E-state index < -0.39 is 17.2 Å². The number of carboxylic acids is 1. The van der Waals surface area contributed by atoms with Crippen LogP contribution >= 0.6 is 15.9 Å². The first-order valence-electron chi connectivity index (χ1n) is 7.57. The van der Waals surface area contributed by atoms with Gasteiger partial charge in [0.2, 0.25) is 0 Å². The van der Waals surface area contributed by atoms with Crippen LogP contribution in [0.25, 0.3) is 11.0 Å². The Bertz CT molecular complexity index is 1120. The molecule has 0 atom stereocenters. The molecule has 0 saturated heterocycles. The zero-order valence-corrected chi connectivity index (χ0v) is 15.8. The van der Waals surface area contributed by atoms with Crippen LogP contribution in [0.2, 0.25) is 0 Å². The van der Waals surface area contributed by atoms with Crippen molar-refractivity contribution in [1.29, 1.82) is 0 Å². The van der Waals surface area contributed by atoms with Crippen molar-refractivity contribution < 1.29 is 23.8 Å². The maximum atomic E-state index is 11.8. The fraction of sp³-hybridized carbons (Fsp3) is 0.111. The number of nitrogens with zero attached hydrogens (tertiary/aromatic N) is 2. The molecular formula is C18H13BrN2O6. The van der Waals surface area contributed by atoms with Crippen LogP contribution in [0.15, 0.2) is 60.3 Å². The van der Waals surface area contributed by atoms with Gasteiger partial charge in [0.05, 0.1) is 19.9 Å². The molecule has 9 heteroatoms. The molecule has 0 radical (unpaired) electrons. The topological polar surface area (TPSA) is 111 Å². The van der Waals surface area contributed by atoms with Gasteiger partial charge in [0.15, 0.2) is 11.3 Å². The Morgan fingerprint density at radius 3 is 2.48 bits per heavy atom. The molecule has 1 heterocycles. The van der Waals surface area contributed by atoms with E-state index in [0.717, 1.165) is 4.47 Å². The summed E-state index contributed by atoms with van der Waals surface area (Å²) in [5.74, 6) is -0.616. The van der Waals surface area contributed by atoms with Crippen molar-refractivity contribution >= 4 is 44.2 Å². The molecule has 0 bridgehead atoms. The number of methoxy groups -OCH3 is 2. The lowest BCUT2D eigenvalue weighted by atomic mass is 10.1. The highest BCUT2D eigenvalue weighted by molar-refractivity contribution is 9.10. The fourth-order valence-corrected chi connectivity index (χ4v) is 2.73. The maximum absolute atomic E-state index is 11.8. The number of rotatable bonds is 5. The molecule has 0 saturated carbocycles. The first kappa shape index (κ1) is 18.6. The molecule has 1 aromatic heterocycles. The Labute approximate surface area is 161 Å². The number of ether oxygens (including phenoxy) is 2. The summed E-state index contributed by atoms with van der Waals surface area (Å²) in [6.07, 6.45) is 0.